The Morgan fingerprint density at radius 1 is 1.04 bits per heavy atom. The van der Waals surface area contributed by atoms with Gasteiger partial charge in [-0.15, -0.1) is 0 Å². The number of carboxylic acids is 1. The largest absolute Gasteiger partial charge is 0.496 e. The molecule has 2 aromatic rings. The van der Waals surface area contributed by atoms with Crippen molar-refractivity contribution >= 4 is 17.6 Å². The molecule has 0 heterocycles. The Bertz CT molecular complexity index is 796. The maximum Gasteiger partial charge on any atom is 0.336 e. The summed E-state index contributed by atoms with van der Waals surface area (Å²) in [7, 11) is 1.59. The number of carboxylic acid groups (broad SMARTS) is 1. The van der Waals surface area contributed by atoms with Crippen molar-refractivity contribution < 1.29 is 19.4 Å². The molecule has 126 valence electrons. The molecule has 0 saturated carbocycles. The molecule has 0 aliphatic heterocycles. The normalized spacial score (nSPS) is 10.3. The topological polar surface area (TPSA) is 75.6 Å². The van der Waals surface area contributed by atoms with Crippen LogP contribution in [0.5, 0.6) is 5.75 Å². The van der Waals surface area contributed by atoms with Crippen LogP contribution in [0.15, 0.2) is 30.3 Å². The number of aryl methyl sites for hydroxylation is 3. The molecule has 0 saturated heterocycles. The predicted molar refractivity (Wildman–Crippen MR) is 92.9 cm³/mol. The van der Waals surface area contributed by atoms with Crippen LogP contribution in [0.2, 0.25) is 0 Å². The van der Waals surface area contributed by atoms with Gasteiger partial charge >= 0.3 is 5.97 Å². The van der Waals surface area contributed by atoms with Gasteiger partial charge in [-0.1, -0.05) is 18.2 Å². The van der Waals surface area contributed by atoms with Gasteiger partial charge in [0.05, 0.1) is 19.1 Å². The van der Waals surface area contributed by atoms with Crippen LogP contribution in [0.4, 0.5) is 5.69 Å². The van der Waals surface area contributed by atoms with Gasteiger partial charge in [-0.25, -0.2) is 4.79 Å². The van der Waals surface area contributed by atoms with Gasteiger partial charge < -0.3 is 15.2 Å². The molecule has 0 spiro atoms. The van der Waals surface area contributed by atoms with Crippen molar-refractivity contribution in [3.63, 3.8) is 0 Å². The van der Waals surface area contributed by atoms with Crippen molar-refractivity contribution in [2.75, 3.05) is 12.4 Å². The van der Waals surface area contributed by atoms with E-state index in [-0.39, 0.29) is 17.9 Å². The molecule has 0 aromatic heterocycles. The Labute approximate surface area is 141 Å². The summed E-state index contributed by atoms with van der Waals surface area (Å²) in [6.45, 7) is 5.51. The van der Waals surface area contributed by atoms with Gasteiger partial charge in [0.2, 0.25) is 5.91 Å². The van der Waals surface area contributed by atoms with Crippen molar-refractivity contribution in [1.29, 1.82) is 0 Å². The van der Waals surface area contributed by atoms with Crippen LogP contribution in [-0.2, 0) is 11.2 Å². The first-order valence-electron chi connectivity index (χ1n) is 7.59. The molecule has 24 heavy (non-hydrogen) atoms. The summed E-state index contributed by atoms with van der Waals surface area (Å²) < 4.78 is 5.26. The number of ether oxygens (including phenoxy) is 1. The molecule has 0 radical (unpaired) electrons. The van der Waals surface area contributed by atoms with Crippen LogP contribution in [0.1, 0.15) is 32.6 Å². The highest BCUT2D eigenvalue weighted by Gasteiger charge is 2.13. The third-order valence-electron chi connectivity index (χ3n) is 3.91. The Kier molecular flexibility index (Phi) is 5.24. The van der Waals surface area contributed by atoms with E-state index in [1.807, 2.05) is 32.0 Å². The molecule has 0 aliphatic rings. The van der Waals surface area contributed by atoms with Crippen molar-refractivity contribution in [2.45, 2.75) is 27.2 Å². The lowest BCUT2D eigenvalue weighted by molar-refractivity contribution is -0.115. The minimum atomic E-state index is -1.01. The summed E-state index contributed by atoms with van der Waals surface area (Å²) >= 11 is 0. The molecule has 2 aromatic carbocycles. The lowest BCUT2D eigenvalue weighted by Crippen LogP contribution is -2.16. The predicted octanol–water partition coefficient (Wildman–Crippen LogP) is 3.50. The van der Waals surface area contributed by atoms with Gasteiger partial charge in [0, 0.05) is 5.69 Å². The quantitative estimate of drug-likeness (QED) is 0.881. The number of hydrogen-bond donors (Lipinski definition) is 2. The number of hydrogen-bond acceptors (Lipinski definition) is 3. The minimum absolute atomic E-state index is 0.187. The molecular weight excluding hydrogens is 306 g/mol. The number of benzene rings is 2. The number of aromatic carboxylic acids is 1. The fraction of sp³-hybridized carbons (Fsp3) is 0.263. The lowest BCUT2D eigenvalue weighted by Gasteiger charge is -2.12. The fourth-order valence-electron chi connectivity index (χ4n) is 2.57. The second kappa shape index (κ2) is 7.17. The van der Waals surface area contributed by atoms with Crippen molar-refractivity contribution in [2.24, 2.45) is 0 Å². The average Bonchev–Trinajstić information content (AvgIpc) is 2.51. The zero-order chi connectivity index (χ0) is 17.9. The second-order valence-electron chi connectivity index (χ2n) is 5.82. The third kappa shape index (κ3) is 3.93. The molecule has 2 rings (SSSR count). The first kappa shape index (κ1) is 17.5. The van der Waals surface area contributed by atoms with E-state index in [0.29, 0.717) is 11.3 Å². The zero-order valence-corrected chi connectivity index (χ0v) is 14.3. The average molecular weight is 327 g/mol. The van der Waals surface area contributed by atoms with Gasteiger partial charge in [-0.05, 0) is 55.2 Å². The van der Waals surface area contributed by atoms with Crippen molar-refractivity contribution in [3.05, 3.63) is 58.1 Å². The summed E-state index contributed by atoms with van der Waals surface area (Å²) in [6, 6.07) is 8.87. The number of anilines is 1. The minimum Gasteiger partial charge on any atom is -0.496 e. The zero-order valence-electron chi connectivity index (χ0n) is 14.3. The molecule has 2 N–H and O–H groups in total. The monoisotopic (exact) mass is 327 g/mol. The van der Waals surface area contributed by atoms with Crippen LogP contribution in [0.3, 0.4) is 0 Å². The molecule has 0 atom stereocenters. The number of carbonyl (C=O) groups is 2. The molecule has 1 amide bonds. The van der Waals surface area contributed by atoms with Crippen LogP contribution in [0, 0.1) is 20.8 Å². The highest BCUT2D eigenvalue weighted by Crippen LogP contribution is 2.22. The number of carbonyl (C=O) groups excluding carboxylic acids is 1. The third-order valence-corrected chi connectivity index (χ3v) is 3.91. The Morgan fingerprint density at radius 3 is 2.38 bits per heavy atom. The molecule has 0 bridgehead atoms. The van der Waals surface area contributed by atoms with Crippen molar-refractivity contribution in [3.8, 4) is 5.75 Å². The Balaban J connectivity index is 2.18. The van der Waals surface area contributed by atoms with E-state index in [1.54, 1.807) is 20.1 Å². The number of rotatable bonds is 5. The Hall–Kier alpha value is -2.82. The molecule has 0 unspecified atom stereocenters. The van der Waals surface area contributed by atoms with E-state index in [1.165, 1.54) is 6.07 Å². The van der Waals surface area contributed by atoms with Gasteiger partial charge in [-0.2, -0.15) is 0 Å². The second-order valence-corrected chi connectivity index (χ2v) is 5.82. The van der Waals surface area contributed by atoms with Gasteiger partial charge in [0.1, 0.15) is 5.75 Å². The molecule has 5 nitrogen and oxygen atoms in total. The smallest absolute Gasteiger partial charge is 0.336 e. The first-order chi connectivity index (χ1) is 11.3. The van der Waals surface area contributed by atoms with Gasteiger partial charge in [0.25, 0.3) is 0 Å². The Morgan fingerprint density at radius 2 is 1.75 bits per heavy atom. The molecule has 5 heteroatoms. The van der Waals surface area contributed by atoms with Crippen molar-refractivity contribution in [1.82, 2.24) is 0 Å². The number of amides is 1. The molecular formula is C19H21NO4. The summed E-state index contributed by atoms with van der Waals surface area (Å²) in [5.41, 5.74) is 4.03. The van der Waals surface area contributed by atoms with Crippen LogP contribution in [0.25, 0.3) is 0 Å². The lowest BCUT2D eigenvalue weighted by atomic mass is 10.0. The summed E-state index contributed by atoms with van der Waals surface area (Å²) in [4.78, 5) is 23.5. The highest BCUT2D eigenvalue weighted by molar-refractivity contribution is 5.96. The standard InChI is InChI=1S/C19H21NO4/c1-11-5-6-14(8-17(11)24-4)9-18(21)20-16-10-15(19(22)23)12(2)7-13(16)3/h5-8,10H,9H2,1-4H3,(H,20,21)(H,22,23). The summed E-state index contributed by atoms with van der Waals surface area (Å²) in [6.07, 6.45) is 0.187. The van der Waals surface area contributed by atoms with E-state index >= 15 is 0 Å². The SMILES string of the molecule is COc1cc(CC(=O)Nc2cc(C(=O)O)c(C)cc2C)ccc1C. The first-order valence-corrected chi connectivity index (χ1v) is 7.59. The van der Waals surface area contributed by atoms with Gasteiger partial charge in [0.15, 0.2) is 0 Å². The molecule has 0 aliphatic carbocycles. The summed E-state index contributed by atoms with van der Waals surface area (Å²) in [5.74, 6) is -0.476. The highest BCUT2D eigenvalue weighted by atomic mass is 16.5. The van der Waals surface area contributed by atoms with Crippen LogP contribution < -0.4 is 10.1 Å². The maximum absolute atomic E-state index is 12.3. The van der Waals surface area contributed by atoms with E-state index in [0.717, 1.165) is 22.4 Å². The number of nitrogens with one attached hydrogen (secondary N) is 1. The summed E-state index contributed by atoms with van der Waals surface area (Å²) in [5, 5.41) is 12.0. The number of methoxy groups -OCH3 is 1. The van der Waals surface area contributed by atoms with Gasteiger partial charge in [-0.3, -0.25) is 4.79 Å². The van der Waals surface area contributed by atoms with Crippen LogP contribution in [-0.4, -0.2) is 24.1 Å². The van der Waals surface area contributed by atoms with E-state index < -0.39 is 5.97 Å². The molecule has 0 fully saturated rings. The van der Waals surface area contributed by atoms with E-state index in [9.17, 15) is 14.7 Å². The maximum atomic E-state index is 12.3. The van der Waals surface area contributed by atoms with E-state index in [4.69, 9.17) is 4.74 Å². The van der Waals surface area contributed by atoms with E-state index in [2.05, 4.69) is 5.32 Å². The fourth-order valence-corrected chi connectivity index (χ4v) is 2.57. The van der Waals surface area contributed by atoms with Crippen LogP contribution >= 0.6 is 0 Å².